The number of nitrogens with one attached hydrogen (secondary N) is 1. The topological polar surface area (TPSA) is 59.8 Å². The maximum Gasteiger partial charge on any atom is 0.253 e. The van der Waals surface area contributed by atoms with E-state index < -0.39 is 0 Å². The van der Waals surface area contributed by atoms with Crippen molar-refractivity contribution < 1.29 is 4.79 Å². The molecular formula is C21H22Cl2N4OS. The predicted molar refractivity (Wildman–Crippen MR) is 119 cm³/mol. The number of aromatic nitrogens is 3. The number of amides is 1. The van der Waals surface area contributed by atoms with Gasteiger partial charge in [0.25, 0.3) is 5.91 Å². The Balaban J connectivity index is 1.75. The third-order valence-electron chi connectivity index (χ3n) is 4.50. The lowest BCUT2D eigenvalue weighted by molar-refractivity contribution is 0.0922. The Hall–Kier alpha value is -2.02. The van der Waals surface area contributed by atoms with E-state index in [0.29, 0.717) is 21.4 Å². The first kappa shape index (κ1) is 21.7. The van der Waals surface area contributed by atoms with Gasteiger partial charge in [0.05, 0.1) is 16.6 Å². The number of halogens is 2. The summed E-state index contributed by atoms with van der Waals surface area (Å²) in [5, 5.41) is 13.7. The zero-order valence-corrected chi connectivity index (χ0v) is 18.7. The Morgan fingerprint density at radius 2 is 1.79 bits per heavy atom. The number of hydrogen-bond acceptors (Lipinski definition) is 4. The highest BCUT2D eigenvalue weighted by Gasteiger charge is 2.25. The zero-order chi connectivity index (χ0) is 21.0. The van der Waals surface area contributed by atoms with Crippen LogP contribution in [0.1, 0.15) is 41.6 Å². The number of carbonyl (C=O) groups is 1. The van der Waals surface area contributed by atoms with E-state index in [-0.39, 0.29) is 17.9 Å². The molecule has 0 spiro atoms. The summed E-state index contributed by atoms with van der Waals surface area (Å²) >= 11 is 13.7. The molecular weight excluding hydrogens is 427 g/mol. The summed E-state index contributed by atoms with van der Waals surface area (Å²) in [6.07, 6.45) is 0. The van der Waals surface area contributed by atoms with E-state index in [0.717, 1.165) is 16.5 Å². The number of thioether (sulfide) groups is 1. The Labute approximate surface area is 184 Å². The van der Waals surface area contributed by atoms with E-state index in [4.69, 9.17) is 23.2 Å². The molecule has 1 unspecified atom stereocenters. The van der Waals surface area contributed by atoms with Gasteiger partial charge in [0, 0.05) is 17.8 Å². The van der Waals surface area contributed by atoms with E-state index in [1.54, 1.807) is 36.0 Å². The van der Waals surface area contributed by atoms with Crippen molar-refractivity contribution in [2.45, 2.75) is 30.8 Å². The van der Waals surface area contributed by atoms with Gasteiger partial charge < -0.3 is 9.88 Å². The zero-order valence-electron chi connectivity index (χ0n) is 16.4. The Bertz CT molecular complexity index is 989. The monoisotopic (exact) mass is 448 g/mol. The van der Waals surface area contributed by atoms with Crippen LogP contribution in [0.2, 0.25) is 10.0 Å². The minimum Gasteiger partial charge on any atom is -0.342 e. The number of nitrogens with zero attached hydrogens (tertiary/aromatic N) is 3. The maximum atomic E-state index is 12.7. The van der Waals surface area contributed by atoms with E-state index in [9.17, 15) is 4.79 Å². The van der Waals surface area contributed by atoms with Crippen molar-refractivity contribution in [3.63, 3.8) is 0 Å². The molecule has 1 aromatic heterocycles. The number of rotatable bonds is 7. The van der Waals surface area contributed by atoms with Crippen molar-refractivity contribution in [3.8, 4) is 0 Å². The van der Waals surface area contributed by atoms with Gasteiger partial charge in [-0.25, -0.2) is 0 Å². The van der Waals surface area contributed by atoms with Crippen molar-refractivity contribution in [2.24, 2.45) is 13.0 Å². The summed E-state index contributed by atoms with van der Waals surface area (Å²) in [6.45, 7) is 4.07. The van der Waals surface area contributed by atoms with Crippen LogP contribution in [0.25, 0.3) is 0 Å². The van der Waals surface area contributed by atoms with E-state index in [2.05, 4.69) is 15.5 Å². The molecule has 0 aliphatic rings. The van der Waals surface area contributed by atoms with Gasteiger partial charge in [-0.2, -0.15) is 0 Å². The molecule has 0 aliphatic carbocycles. The largest absolute Gasteiger partial charge is 0.342 e. The van der Waals surface area contributed by atoms with Crippen LogP contribution in [0.15, 0.2) is 53.7 Å². The Morgan fingerprint density at radius 1 is 1.10 bits per heavy atom. The second-order valence-electron chi connectivity index (χ2n) is 6.99. The predicted octanol–water partition coefficient (Wildman–Crippen LogP) is 5.54. The maximum absolute atomic E-state index is 12.7. The molecule has 1 heterocycles. The molecule has 0 saturated heterocycles. The molecule has 3 aromatic rings. The average molecular weight is 449 g/mol. The number of carbonyl (C=O) groups excluding carboxylic acids is 1. The van der Waals surface area contributed by atoms with Crippen LogP contribution in [0.3, 0.4) is 0 Å². The molecule has 29 heavy (non-hydrogen) atoms. The molecule has 1 atom stereocenters. The summed E-state index contributed by atoms with van der Waals surface area (Å²) in [5.41, 5.74) is 1.59. The highest BCUT2D eigenvalue weighted by Crippen LogP contribution is 2.27. The van der Waals surface area contributed by atoms with Gasteiger partial charge in [0.15, 0.2) is 11.0 Å². The Kier molecular flexibility index (Phi) is 7.22. The average Bonchev–Trinajstić information content (AvgIpc) is 3.06. The van der Waals surface area contributed by atoms with Gasteiger partial charge >= 0.3 is 0 Å². The van der Waals surface area contributed by atoms with Crippen LogP contribution >= 0.6 is 35.0 Å². The van der Waals surface area contributed by atoms with Crippen molar-refractivity contribution in [1.82, 2.24) is 20.1 Å². The highest BCUT2D eigenvalue weighted by molar-refractivity contribution is 7.98. The van der Waals surface area contributed by atoms with E-state index >= 15 is 0 Å². The highest BCUT2D eigenvalue weighted by atomic mass is 35.5. The molecule has 0 aliphatic heterocycles. The summed E-state index contributed by atoms with van der Waals surface area (Å²) < 4.78 is 1.93. The van der Waals surface area contributed by atoms with Gasteiger partial charge in [-0.05, 0) is 35.7 Å². The van der Waals surface area contributed by atoms with Crippen LogP contribution in [0.4, 0.5) is 0 Å². The molecule has 0 radical (unpaired) electrons. The third-order valence-corrected chi connectivity index (χ3v) is 6.17. The SMILES string of the molecule is CC(C)C(NC(=O)c1ccccc1Cl)c1nnc(SCc2ccc(Cl)cc2)n1C. The molecule has 1 amide bonds. The lowest BCUT2D eigenvalue weighted by Gasteiger charge is -2.22. The van der Waals surface area contributed by atoms with Crippen LogP contribution in [-0.4, -0.2) is 20.7 Å². The quantitative estimate of drug-likeness (QED) is 0.481. The summed E-state index contributed by atoms with van der Waals surface area (Å²) in [7, 11) is 1.91. The summed E-state index contributed by atoms with van der Waals surface area (Å²) in [5.74, 6) is 1.35. The van der Waals surface area contributed by atoms with Crippen LogP contribution in [0.5, 0.6) is 0 Å². The molecule has 5 nitrogen and oxygen atoms in total. The minimum absolute atomic E-state index is 0.124. The van der Waals surface area contributed by atoms with Crippen LogP contribution in [0, 0.1) is 5.92 Å². The van der Waals surface area contributed by atoms with Gasteiger partial charge in [-0.3, -0.25) is 4.79 Å². The normalized spacial score (nSPS) is 12.2. The fourth-order valence-corrected chi connectivity index (χ4v) is 4.07. The van der Waals surface area contributed by atoms with Crippen LogP contribution < -0.4 is 5.32 Å². The van der Waals surface area contributed by atoms with Gasteiger partial charge in [-0.1, -0.05) is 73.1 Å². The summed E-state index contributed by atoms with van der Waals surface area (Å²) in [6, 6.07) is 14.4. The second-order valence-corrected chi connectivity index (χ2v) is 8.78. The molecule has 2 aromatic carbocycles. The first-order valence-corrected chi connectivity index (χ1v) is 10.9. The lowest BCUT2D eigenvalue weighted by Crippen LogP contribution is -2.33. The molecule has 8 heteroatoms. The van der Waals surface area contributed by atoms with E-state index in [1.165, 1.54) is 0 Å². The molecule has 0 fully saturated rings. The van der Waals surface area contributed by atoms with Crippen molar-refractivity contribution >= 4 is 40.9 Å². The van der Waals surface area contributed by atoms with Crippen LogP contribution in [-0.2, 0) is 12.8 Å². The summed E-state index contributed by atoms with van der Waals surface area (Å²) in [4.78, 5) is 12.7. The Morgan fingerprint density at radius 3 is 2.45 bits per heavy atom. The third kappa shape index (κ3) is 5.32. The van der Waals surface area contributed by atoms with Crippen molar-refractivity contribution in [3.05, 3.63) is 75.5 Å². The number of hydrogen-bond donors (Lipinski definition) is 1. The number of benzene rings is 2. The standard InChI is InChI=1S/C21H22Cl2N4OS/c1-13(2)18(24-20(28)16-6-4-5-7-17(16)23)19-25-26-21(27(19)3)29-12-14-8-10-15(22)11-9-14/h4-11,13,18H,12H2,1-3H3,(H,24,28). The fourth-order valence-electron chi connectivity index (χ4n) is 2.84. The smallest absolute Gasteiger partial charge is 0.253 e. The molecule has 3 rings (SSSR count). The minimum atomic E-state index is -0.291. The van der Waals surface area contributed by atoms with E-state index in [1.807, 2.05) is 49.7 Å². The fraction of sp³-hybridized carbons (Fsp3) is 0.286. The molecule has 0 bridgehead atoms. The first-order valence-electron chi connectivity index (χ1n) is 9.18. The van der Waals surface area contributed by atoms with Gasteiger partial charge in [0.1, 0.15) is 0 Å². The lowest BCUT2D eigenvalue weighted by atomic mass is 10.0. The molecule has 152 valence electrons. The van der Waals surface area contributed by atoms with Gasteiger partial charge in [-0.15, -0.1) is 10.2 Å². The van der Waals surface area contributed by atoms with Gasteiger partial charge in [0.2, 0.25) is 0 Å². The molecule has 0 saturated carbocycles. The second kappa shape index (κ2) is 9.65. The molecule has 1 N–H and O–H groups in total. The van der Waals surface area contributed by atoms with Crippen molar-refractivity contribution in [1.29, 1.82) is 0 Å². The van der Waals surface area contributed by atoms with Crippen molar-refractivity contribution in [2.75, 3.05) is 0 Å². The first-order chi connectivity index (χ1) is 13.9.